The fraction of sp³-hybridized carbons (Fsp3) is 0.706. The van der Waals surface area contributed by atoms with Crippen LogP contribution in [0.3, 0.4) is 0 Å². The third-order valence-electron chi connectivity index (χ3n) is 10.5. The molecule has 48 heavy (non-hydrogen) atoms. The number of ether oxygens (including phenoxy) is 1. The second kappa shape index (κ2) is 15.2. The van der Waals surface area contributed by atoms with Gasteiger partial charge in [0.15, 0.2) is 6.04 Å². The van der Waals surface area contributed by atoms with Gasteiger partial charge in [0.1, 0.15) is 18.0 Å². The quantitative estimate of drug-likeness (QED) is 0.309. The van der Waals surface area contributed by atoms with Crippen LogP contribution in [0.5, 0.6) is 0 Å². The van der Waals surface area contributed by atoms with Crippen molar-refractivity contribution in [3.63, 3.8) is 0 Å². The summed E-state index contributed by atoms with van der Waals surface area (Å²) >= 11 is 0. The van der Waals surface area contributed by atoms with Crippen molar-refractivity contribution >= 4 is 39.7 Å². The predicted molar refractivity (Wildman–Crippen MR) is 180 cm³/mol. The van der Waals surface area contributed by atoms with E-state index in [1.165, 1.54) is 26.2 Å². The molecule has 1 aromatic rings. The molecule has 1 heterocycles. The Labute approximate surface area is 284 Å². The maximum atomic E-state index is 14.9. The Morgan fingerprint density at radius 1 is 0.979 bits per heavy atom. The standard InChI is InChI=1S/C34H52FN5O7S/c1-34(2,3)47-33(44)37-28(21-35)23-11-13-25(14-12-23)32(43)40(20-19-27(29(40)30(36)41)22-9-7-6-8-10-22)26-17-15-24(16-18-26)31(42)38-48(45,46)39(4)5/h15-18,22-23,25,27-29H,6-14,19-21H2,1-5H3,(H3-,36,37,38,41,42,44)/p+1/t23-,25-,27-,28+,29-,40?/m0/s1. The maximum Gasteiger partial charge on any atom is 0.407 e. The lowest BCUT2D eigenvalue weighted by Crippen LogP contribution is -2.65. The van der Waals surface area contributed by atoms with Crippen LogP contribution in [0.2, 0.25) is 0 Å². The summed E-state index contributed by atoms with van der Waals surface area (Å²) in [7, 11) is -1.40. The average Bonchev–Trinajstić information content (AvgIpc) is 3.45. The normalized spacial score (nSPS) is 27.6. The maximum absolute atomic E-state index is 14.9. The molecule has 3 fully saturated rings. The zero-order valence-corrected chi connectivity index (χ0v) is 29.7. The first-order valence-electron chi connectivity index (χ1n) is 17.1. The van der Waals surface area contributed by atoms with Crippen LogP contribution in [0.1, 0.15) is 95.3 Å². The number of nitrogens with two attached hydrogens (primary N) is 1. The molecular weight excluding hydrogens is 641 g/mol. The summed E-state index contributed by atoms with van der Waals surface area (Å²) in [6, 6.07) is 4.67. The molecule has 2 saturated carbocycles. The Morgan fingerprint density at radius 2 is 1.58 bits per heavy atom. The molecule has 268 valence electrons. The van der Waals surface area contributed by atoms with Gasteiger partial charge in [-0.05, 0) is 83.3 Å². The van der Waals surface area contributed by atoms with Crippen LogP contribution in [0.15, 0.2) is 24.3 Å². The minimum atomic E-state index is -4.02. The fourth-order valence-corrected chi connectivity index (χ4v) is 8.64. The van der Waals surface area contributed by atoms with Crippen molar-refractivity contribution in [3.05, 3.63) is 29.8 Å². The van der Waals surface area contributed by atoms with Gasteiger partial charge in [-0.2, -0.15) is 12.7 Å². The largest absolute Gasteiger partial charge is 0.444 e. The lowest BCUT2D eigenvalue weighted by molar-refractivity contribution is -0.142. The topological polar surface area (TPSA) is 165 Å². The van der Waals surface area contributed by atoms with Gasteiger partial charge in [-0.1, -0.05) is 19.3 Å². The number of nitrogens with zero attached hydrogens (tertiary/aromatic N) is 2. The van der Waals surface area contributed by atoms with Gasteiger partial charge in [0.2, 0.25) is 0 Å². The molecule has 14 heteroatoms. The molecule has 1 aliphatic heterocycles. The number of alkyl carbamates (subject to hydrolysis) is 1. The Hall–Kier alpha value is -3.10. The summed E-state index contributed by atoms with van der Waals surface area (Å²) in [4.78, 5) is 53.5. The van der Waals surface area contributed by atoms with Gasteiger partial charge in [0.25, 0.3) is 11.8 Å². The molecule has 2 aliphatic carbocycles. The highest BCUT2D eigenvalue weighted by Crippen LogP contribution is 2.47. The number of nitrogens with one attached hydrogen (secondary N) is 2. The minimum absolute atomic E-state index is 0.0785. The predicted octanol–water partition coefficient (Wildman–Crippen LogP) is 4.18. The van der Waals surface area contributed by atoms with Crippen LogP contribution < -0.4 is 20.3 Å². The van der Waals surface area contributed by atoms with E-state index in [9.17, 15) is 32.0 Å². The van der Waals surface area contributed by atoms with Crippen molar-refractivity contribution < 1.29 is 36.7 Å². The fourth-order valence-electron chi connectivity index (χ4n) is 8.11. The number of halogens is 1. The minimum Gasteiger partial charge on any atom is -0.444 e. The van der Waals surface area contributed by atoms with Crippen molar-refractivity contribution in [2.75, 3.05) is 27.3 Å². The summed E-state index contributed by atoms with van der Waals surface area (Å²) in [6.07, 6.45) is 7.12. The molecule has 1 unspecified atom stereocenters. The van der Waals surface area contributed by atoms with E-state index in [4.69, 9.17) is 10.5 Å². The SMILES string of the molecule is CN(C)S(=O)(=O)NC(=O)c1ccc([N+]2(C(=O)[C@H]3CC[C@H]([C@@H](CF)NC(=O)OC(C)(C)C)CC3)CC[C@@H](C3CCCCC3)[C@H]2C(N)=O)cc1. The first-order valence-corrected chi connectivity index (χ1v) is 18.6. The summed E-state index contributed by atoms with van der Waals surface area (Å²) < 4.78 is 46.6. The highest BCUT2D eigenvalue weighted by atomic mass is 32.2. The number of amides is 4. The van der Waals surface area contributed by atoms with Gasteiger partial charge in [-0.25, -0.2) is 23.2 Å². The summed E-state index contributed by atoms with van der Waals surface area (Å²) in [5.41, 5.74) is 6.08. The molecule has 4 rings (SSSR count). The smallest absolute Gasteiger partial charge is 0.407 e. The van der Waals surface area contributed by atoms with E-state index in [1.807, 2.05) is 4.72 Å². The number of carbonyl (C=O) groups is 4. The molecule has 4 atom stereocenters. The van der Waals surface area contributed by atoms with Gasteiger partial charge in [0.05, 0.1) is 18.5 Å². The van der Waals surface area contributed by atoms with Gasteiger partial charge in [0, 0.05) is 44.1 Å². The van der Waals surface area contributed by atoms with E-state index in [2.05, 4.69) is 5.32 Å². The van der Waals surface area contributed by atoms with Crippen molar-refractivity contribution in [2.24, 2.45) is 29.4 Å². The van der Waals surface area contributed by atoms with Crippen LogP contribution >= 0.6 is 0 Å². The molecule has 0 radical (unpaired) electrons. The van der Waals surface area contributed by atoms with Crippen LogP contribution in [-0.4, -0.2) is 81.5 Å². The van der Waals surface area contributed by atoms with E-state index in [-0.39, 0.29) is 33.7 Å². The van der Waals surface area contributed by atoms with Crippen molar-refractivity contribution in [1.29, 1.82) is 0 Å². The van der Waals surface area contributed by atoms with E-state index < -0.39 is 58.4 Å². The third kappa shape index (κ3) is 8.36. The average molecular weight is 695 g/mol. The molecule has 4 N–H and O–H groups in total. The number of likely N-dealkylation sites (tertiary alicyclic amines) is 1. The number of primary amides is 1. The lowest BCUT2D eigenvalue weighted by Gasteiger charge is -2.42. The Kier molecular flexibility index (Phi) is 11.9. The summed E-state index contributed by atoms with van der Waals surface area (Å²) in [5.74, 6) is -1.90. The van der Waals surface area contributed by atoms with E-state index >= 15 is 0 Å². The Balaban J connectivity index is 1.62. The lowest BCUT2D eigenvalue weighted by atomic mass is 9.75. The number of hydrogen-bond acceptors (Lipinski definition) is 7. The van der Waals surface area contributed by atoms with Crippen LogP contribution in [-0.2, 0) is 24.5 Å². The molecular formula is C34H53FN5O7S+. The van der Waals surface area contributed by atoms with Gasteiger partial charge in [-0.15, -0.1) is 0 Å². The highest BCUT2D eigenvalue weighted by molar-refractivity contribution is 7.87. The van der Waals surface area contributed by atoms with E-state index in [0.717, 1.165) is 36.4 Å². The van der Waals surface area contributed by atoms with Crippen molar-refractivity contribution in [2.45, 2.75) is 103 Å². The third-order valence-corrected chi connectivity index (χ3v) is 11.9. The monoisotopic (exact) mass is 694 g/mol. The second-order valence-corrected chi connectivity index (χ2v) is 16.8. The number of carbonyl (C=O) groups excluding carboxylic acids is 4. The molecule has 4 amide bonds. The van der Waals surface area contributed by atoms with Gasteiger partial charge < -0.3 is 15.8 Å². The number of hydrogen-bond donors (Lipinski definition) is 3. The number of rotatable bonds is 10. The molecule has 1 saturated heterocycles. The zero-order chi connectivity index (χ0) is 35.4. The first-order chi connectivity index (χ1) is 22.5. The molecule has 0 spiro atoms. The summed E-state index contributed by atoms with van der Waals surface area (Å²) in [6.45, 7) is 4.83. The van der Waals surface area contributed by atoms with Gasteiger partial charge >= 0.3 is 22.2 Å². The van der Waals surface area contributed by atoms with Crippen molar-refractivity contribution in [1.82, 2.24) is 18.8 Å². The Morgan fingerprint density at radius 3 is 2.10 bits per heavy atom. The Bertz CT molecular complexity index is 1430. The number of quaternary nitrogens is 1. The van der Waals surface area contributed by atoms with E-state index in [0.29, 0.717) is 44.3 Å². The van der Waals surface area contributed by atoms with Crippen molar-refractivity contribution in [3.8, 4) is 0 Å². The summed E-state index contributed by atoms with van der Waals surface area (Å²) in [5, 5.41) is 2.66. The second-order valence-electron chi connectivity index (χ2n) is 14.9. The highest BCUT2D eigenvalue weighted by Gasteiger charge is 2.60. The van der Waals surface area contributed by atoms with Crippen LogP contribution in [0.4, 0.5) is 14.9 Å². The molecule has 0 aromatic heterocycles. The molecule has 0 bridgehead atoms. The number of alkyl halides is 1. The van der Waals surface area contributed by atoms with E-state index in [1.54, 1.807) is 32.9 Å². The zero-order valence-electron chi connectivity index (χ0n) is 28.9. The van der Waals surface area contributed by atoms with Gasteiger partial charge in [-0.3, -0.25) is 9.59 Å². The van der Waals surface area contributed by atoms with Crippen LogP contribution in [0.25, 0.3) is 0 Å². The molecule has 1 aromatic carbocycles. The first kappa shape index (κ1) is 37.7. The molecule has 3 aliphatic rings. The molecule has 12 nitrogen and oxygen atoms in total. The van der Waals surface area contributed by atoms with Crippen LogP contribution in [0, 0.1) is 23.7 Å². The number of benzene rings is 1.